The first kappa shape index (κ1) is 15.6. The highest BCUT2D eigenvalue weighted by atomic mass is 35.5. The lowest BCUT2D eigenvalue weighted by Gasteiger charge is -2.08. The molecule has 1 N–H and O–H groups in total. The first-order valence-electron chi connectivity index (χ1n) is 7.06. The Kier molecular flexibility index (Phi) is 6.26. The summed E-state index contributed by atoms with van der Waals surface area (Å²) in [6.07, 6.45) is 6.40. The van der Waals surface area contributed by atoms with Gasteiger partial charge >= 0.3 is 0 Å². The summed E-state index contributed by atoms with van der Waals surface area (Å²) in [5.41, 5.74) is 2.32. The number of benzene rings is 2. The molecule has 0 aliphatic carbocycles. The van der Waals surface area contributed by atoms with Crippen LogP contribution in [0, 0.1) is 0 Å². The molecule has 0 spiro atoms. The monoisotopic (exact) mass is 298 g/mol. The third-order valence-electron chi connectivity index (χ3n) is 3.21. The molecule has 0 aliphatic rings. The Morgan fingerprint density at radius 2 is 1.62 bits per heavy atom. The van der Waals surface area contributed by atoms with Crippen LogP contribution in [0.5, 0.6) is 0 Å². The molecule has 2 heteroatoms. The van der Waals surface area contributed by atoms with Crippen LogP contribution < -0.4 is 0 Å². The summed E-state index contributed by atoms with van der Waals surface area (Å²) >= 11 is 6.12. The standard InChI is InChI=1S/C19H19ClO/c20-18(13-7-12-16-8-3-1-4-9-16)19(21)15-14-17-10-5-2-6-11-17/h1-13,19,21H,14-15H2/b12-7+,18-13-. The summed E-state index contributed by atoms with van der Waals surface area (Å²) in [6.45, 7) is 0. The minimum Gasteiger partial charge on any atom is -0.387 e. The van der Waals surface area contributed by atoms with E-state index in [4.69, 9.17) is 11.6 Å². The molecule has 0 amide bonds. The number of aliphatic hydroxyl groups excluding tert-OH is 1. The maximum atomic E-state index is 10.0. The first-order chi connectivity index (χ1) is 10.3. The molecule has 0 aromatic heterocycles. The number of aryl methyl sites for hydroxylation is 1. The largest absolute Gasteiger partial charge is 0.387 e. The van der Waals surface area contributed by atoms with Crippen molar-refractivity contribution in [3.05, 3.63) is 89.0 Å². The number of allylic oxidation sites excluding steroid dienone is 2. The van der Waals surface area contributed by atoms with E-state index in [1.54, 1.807) is 6.08 Å². The molecule has 0 fully saturated rings. The lowest BCUT2D eigenvalue weighted by molar-refractivity contribution is 0.208. The highest BCUT2D eigenvalue weighted by Crippen LogP contribution is 2.15. The van der Waals surface area contributed by atoms with E-state index in [2.05, 4.69) is 12.1 Å². The van der Waals surface area contributed by atoms with Gasteiger partial charge in [-0.1, -0.05) is 84.4 Å². The average Bonchev–Trinajstić information content (AvgIpc) is 2.54. The molecule has 0 radical (unpaired) electrons. The van der Waals surface area contributed by atoms with E-state index in [1.165, 1.54) is 5.56 Å². The van der Waals surface area contributed by atoms with E-state index >= 15 is 0 Å². The Morgan fingerprint density at radius 3 is 2.29 bits per heavy atom. The molecule has 2 rings (SSSR count). The molecule has 1 unspecified atom stereocenters. The van der Waals surface area contributed by atoms with Gasteiger partial charge < -0.3 is 5.11 Å². The molecule has 0 aliphatic heterocycles. The van der Waals surface area contributed by atoms with Gasteiger partial charge in [-0.05, 0) is 30.0 Å². The SMILES string of the molecule is OC(CCc1ccccc1)/C(Cl)=C/C=C/c1ccccc1. The van der Waals surface area contributed by atoms with Crippen LogP contribution in [0.4, 0.5) is 0 Å². The Balaban J connectivity index is 1.85. The smallest absolute Gasteiger partial charge is 0.0898 e. The van der Waals surface area contributed by atoms with Crippen LogP contribution in [0.1, 0.15) is 17.5 Å². The quantitative estimate of drug-likeness (QED) is 0.758. The average molecular weight is 299 g/mol. The molecule has 2 aromatic rings. The number of aliphatic hydroxyl groups is 1. The second-order valence-electron chi connectivity index (χ2n) is 4.86. The number of rotatable bonds is 6. The van der Waals surface area contributed by atoms with E-state index in [0.29, 0.717) is 11.5 Å². The molecule has 0 saturated carbocycles. The van der Waals surface area contributed by atoms with Gasteiger partial charge in [-0.25, -0.2) is 0 Å². The highest BCUT2D eigenvalue weighted by Gasteiger charge is 2.07. The molecule has 2 aromatic carbocycles. The molecule has 108 valence electrons. The van der Waals surface area contributed by atoms with Crippen LogP contribution in [0.25, 0.3) is 6.08 Å². The molecule has 1 nitrogen and oxygen atoms in total. The second kappa shape index (κ2) is 8.46. The van der Waals surface area contributed by atoms with Crippen molar-refractivity contribution in [2.75, 3.05) is 0 Å². The van der Waals surface area contributed by atoms with Crippen molar-refractivity contribution in [3.8, 4) is 0 Å². The van der Waals surface area contributed by atoms with Gasteiger partial charge in [0.2, 0.25) is 0 Å². The zero-order chi connectivity index (χ0) is 14.9. The third-order valence-corrected chi connectivity index (χ3v) is 3.59. The summed E-state index contributed by atoms with van der Waals surface area (Å²) in [4.78, 5) is 0. The Bertz CT molecular complexity index is 587. The van der Waals surface area contributed by atoms with Crippen molar-refractivity contribution in [2.45, 2.75) is 18.9 Å². The van der Waals surface area contributed by atoms with Crippen LogP contribution in [0.15, 0.2) is 77.8 Å². The van der Waals surface area contributed by atoms with Crippen LogP contribution in [-0.4, -0.2) is 11.2 Å². The predicted octanol–water partition coefficient (Wildman–Crippen LogP) is 4.82. The molecular weight excluding hydrogens is 280 g/mol. The lowest BCUT2D eigenvalue weighted by Crippen LogP contribution is -2.07. The Labute approximate surface area is 131 Å². The summed E-state index contributed by atoms with van der Waals surface area (Å²) in [6, 6.07) is 20.1. The van der Waals surface area contributed by atoms with Crippen molar-refractivity contribution in [2.24, 2.45) is 0 Å². The van der Waals surface area contributed by atoms with Crippen molar-refractivity contribution < 1.29 is 5.11 Å². The van der Waals surface area contributed by atoms with E-state index in [0.717, 1.165) is 12.0 Å². The molecule has 21 heavy (non-hydrogen) atoms. The van der Waals surface area contributed by atoms with Gasteiger partial charge in [0, 0.05) is 5.03 Å². The highest BCUT2D eigenvalue weighted by molar-refractivity contribution is 6.30. The van der Waals surface area contributed by atoms with Gasteiger partial charge in [-0.15, -0.1) is 0 Å². The third kappa shape index (κ3) is 5.58. The van der Waals surface area contributed by atoms with Gasteiger partial charge in [-0.2, -0.15) is 0 Å². The maximum Gasteiger partial charge on any atom is 0.0898 e. The molecule has 0 bridgehead atoms. The van der Waals surface area contributed by atoms with E-state index in [-0.39, 0.29) is 0 Å². The number of hydrogen-bond donors (Lipinski definition) is 1. The minimum absolute atomic E-state index is 0.470. The van der Waals surface area contributed by atoms with Gasteiger partial charge in [0.15, 0.2) is 0 Å². The van der Waals surface area contributed by atoms with E-state index < -0.39 is 6.10 Å². The van der Waals surface area contributed by atoms with Crippen LogP contribution in [-0.2, 0) is 6.42 Å². The number of hydrogen-bond acceptors (Lipinski definition) is 1. The van der Waals surface area contributed by atoms with Crippen LogP contribution in [0.2, 0.25) is 0 Å². The zero-order valence-electron chi connectivity index (χ0n) is 11.8. The predicted molar refractivity (Wildman–Crippen MR) is 90.2 cm³/mol. The Hall–Kier alpha value is -1.83. The molecule has 1 atom stereocenters. The summed E-state index contributed by atoms with van der Waals surface area (Å²) in [5, 5.41) is 10.5. The summed E-state index contributed by atoms with van der Waals surface area (Å²) in [5.74, 6) is 0. The molecule has 0 saturated heterocycles. The lowest BCUT2D eigenvalue weighted by atomic mass is 10.1. The zero-order valence-corrected chi connectivity index (χ0v) is 12.6. The summed E-state index contributed by atoms with van der Waals surface area (Å²) < 4.78 is 0. The number of halogens is 1. The summed E-state index contributed by atoms with van der Waals surface area (Å²) in [7, 11) is 0. The van der Waals surface area contributed by atoms with Crippen LogP contribution in [0.3, 0.4) is 0 Å². The van der Waals surface area contributed by atoms with Crippen molar-refractivity contribution >= 4 is 17.7 Å². The van der Waals surface area contributed by atoms with Gasteiger partial charge in [0.05, 0.1) is 6.10 Å². The van der Waals surface area contributed by atoms with Crippen LogP contribution >= 0.6 is 11.6 Å². The second-order valence-corrected chi connectivity index (χ2v) is 5.30. The first-order valence-corrected chi connectivity index (χ1v) is 7.44. The normalized spacial score (nSPS) is 13.5. The van der Waals surface area contributed by atoms with E-state index in [1.807, 2.05) is 60.7 Å². The molecular formula is C19H19ClO. The van der Waals surface area contributed by atoms with Gasteiger partial charge in [-0.3, -0.25) is 0 Å². The Morgan fingerprint density at radius 1 is 1.00 bits per heavy atom. The van der Waals surface area contributed by atoms with Gasteiger partial charge in [0.1, 0.15) is 0 Å². The molecule has 0 heterocycles. The van der Waals surface area contributed by atoms with Crippen molar-refractivity contribution in [1.82, 2.24) is 0 Å². The van der Waals surface area contributed by atoms with Crippen molar-refractivity contribution in [3.63, 3.8) is 0 Å². The van der Waals surface area contributed by atoms with E-state index in [9.17, 15) is 5.11 Å². The topological polar surface area (TPSA) is 20.2 Å². The maximum absolute atomic E-state index is 10.0. The van der Waals surface area contributed by atoms with Gasteiger partial charge in [0.25, 0.3) is 0 Å². The fourth-order valence-electron chi connectivity index (χ4n) is 2.01. The fraction of sp³-hybridized carbons (Fsp3) is 0.158. The fourth-order valence-corrected chi connectivity index (χ4v) is 2.19. The van der Waals surface area contributed by atoms with Crippen molar-refractivity contribution in [1.29, 1.82) is 0 Å². The minimum atomic E-state index is -0.618.